The molecule has 5 aromatic carbocycles. The van der Waals surface area contributed by atoms with Crippen molar-refractivity contribution in [2.45, 2.75) is 87.8 Å². The van der Waals surface area contributed by atoms with Gasteiger partial charge in [-0.25, -0.2) is 0 Å². The van der Waals surface area contributed by atoms with Crippen molar-refractivity contribution in [3.8, 4) is 23.0 Å². The molecular formula is C43H52N4Na2O12S2. The number of carbonyl (C=O) groups is 2. The number of carbonyl (C=O) groups excluding carboxylic acids is 2. The Morgan fingerprint density at radius 2 is 1.30 bits per heavy atom. The molecule has 2 amide bonds. The Morgan fingerprint density at radius 1 is 0.698 bits per heavy atom. The van der Waals surface area contributed by atoms with Gasteiger partial charge in [0.1, 0.15) is 41.0 Å². The summed E-state index contributed by atoms with van der Waals surface area (Å²) in [6, 6.07) is 17.1. The van der Waals surface area contributed by atoms with Gasteiger partial charge >= 0.3 is 59.1 Å². The van der Waals surface area contributed by atoms with Gasteiger partial charge in [-0.05, 0) is 60.3 Å². The van der Waals surface area contributed by atoms with Crippen LogP contribution in [0, 0.1) is 0 Å². The molecule has 0 atom stereocenters. The molecular weight excluding hydrogens is 875 g/mol. The molecule has 330 valence electrons. The molecule has 0 unspecified atom stereocenters. The van der Waals surface area contributed by atoms with Crippen LogP contribution in [-0.4, -0.2) is 127 Å². The molecule has 0 aliphatic carbocycles. The predicted octanol–water partition coefficient (Wildman–Crippen LogP) is 8.08. The van der Waals surface area contributed by atoms with Gasteiger partial charge < -0.3 is 30.3 Å². The van der Waals surface area contributed by atoms with Crippen molar-refractivity contribution >= 4 is 130 Å². The van der Waals surface area contributed by atoms with Gasteiger partial charge in [-0.3, -0.25) is 18.7 Å². The molecule has 0 spiro atoms. The molecule has 16 nitrogen and oxygen atoms in total. The zero-order valence-electron chi connectivity index (χ0n) is 33.9. The maximum atomic E-state index is 13.2. The number of nitrogens with zero attached hydrogens (tertiary/aromatic N) is 2. The SMILES string of the molecule is CCCCCCCCCCCCNC(=O)c1cc(OCCOc2ccc(/N=N/c3c(S(=O)(=O)O)cc4cc(S(=O)(=O)O)cc(NC(C)=O)c4c3O)cc2)c2ccccc2c1O.[NaH].[NaH]. The summed E-state index contributed by atoms with van der Waals surface area (Å²) in [7, 11) is -9.93. The first-order chi connectivity index (χ1) is 29.1. The number of hydrogen-bond acceptors (Lipinski definition) is 12. The van der Waals surface area contributed by atoms with Crippen molar-refractivity contribution in [2.24, 2.45) is 10.2 Å². The minimum atomic E-state index is -5.09. The third kappa shape index (κ3) is 15.1. The fourth-order valence-electron chi connectivity index (χ4n) is 6.75. The molecule has 63 heavy (non-hydrogen) atoms. The van der Waals surface area contributed by atoms with Gasteiger partial charge in [0.05, 0.1) is 21.8 Å². The van der Waals surface area contributed by atoms with Gasteiger partial charge in [0, 0.05) is 29.6 Å². The van der Waals surface area contributed by atoms with Crippen molar-refractivity contribution < 1.29 is 55.2 Å². The summed E-state index contributed by atoms with van der Waals surface area (Å²) >= 11 is 0. The zero-order chi connectivity index (χ0) is 44.2. The van der Waals surface area contributed by atoms with E-state index in [1.54, 1.807) is 24.3 Å². The molecule has 0 radical (unpaired) electrons. The number of phenolic OH excluding ortho intramolecular Hbond substituents is 2. The van der Waals surface area contributed by atoms with Crippen LogP contribution in [-0.2, 0) is 25.0 Å². The Labute approximate surface area is 411 Å². The van der Waals surface area contributed by atoms with E-state index in [1.807, 2.05) is 0 Å². The van der Waals surface area contributed by atoms with Gasteiger partial charge in [-0.1, -0.05) is 89.0 Å². The van der Waals surface area contributed by atoms with Gasteiger partial charge in [-0.15, -0.1) is 5.11 Å². The van der Waals surface area contributed by atoms with E-state index in [0.717, 1.165) is 44.4 Å². The summed E-state index contributed by atoms with van der Waals surface area (Å²) < 4.78 is 79.9. The number of hydrogen-bond donors (Lipinski definition) is 6. The Bertz CT molecular complexity index is 2630. The first kappa shape index (κ1) is 53.5. The van der Waals surface area contributed by atoms with E-state index in [2.05, 4.69) is 27.8 Å². The second kappa shape index (κ2) is 25.0. The Hall–Kier alpha value is -3.82. The third-order valence-corrected chi connectivity index (χ3v) is 11.5. The number of azo groups is 1. The fourth-order valence-corrected chi connectivity index (χ4v) is 7.95. The van der Waals surface area contributed by atoms with Crippen molar-refractivity contribution in [2.75, 3.05) is 25.1 Å². The molecule has 6 N–H and O–H groups in total. The molecule has 0 fully saturated rings. The monoisotopic (exact) mass is 926 g/mol. The topological polar surface area (TPSA) is 251 Å². The number of unbranched alkanes of at least 4 members (excludes halogenated alkanes) is 9. The first-order valence-electron chi connectivity index (χ1n) is 19.9. The van der Waals surface area contributed by atoms with E-state index in [0.29, 0.717) is 28.8 Å². The van der Waals surface area contributed by atoms with Crippen molar-refractivity contribution in [3.63, 3.8) is 0 Å². The Morgan fingerprint density at radius 3 is 1.90 bits per heavy atom. The number of nitrogens with one attached hydrogen (secondary N) is 2. The second-order valence-electron chi connectivity index (χ2n) is 14.4. The van der Waals surface area contributed by atoms with Crippen LogP contribution in [0.4, 0.5) is 17.1 Å². The van der Waals surface area contributed by atoms with Gasteiger partial charge in [0.15, 0.2) is 5.75 Å². The molecule has 0 saturated heterocycles. The first-order valence-corrected chi connectivity index (χ1v) is 22.8. The molecule has 0 aliphatic rings. The standard InChI is InChI=1S/C43H50N4O12S2.2Na.2H/c1-3-4-5-6-7-8-9-10-11-14-21-44-43(51)35-27-37(33-15-12-13-16-34(33)41(35)49)59-23-22-58-31-19-17-30(18-20-31)46-47-40-38(61(55,56)57)25-29-24-32(60(52,53)54)26-36(45-28(2)48)39(29)42(40)50;;;;/h12-13,15-20,24-27,49-50H,3-11,14,21-23H2,1-2H3,(H,44,51)(H,45,48)(H,52,53,54)(H,55,56,57);;;;/b47-46+;;;;. The minimum absolute atomic E-state index is 0. The van der Waals surface area contributed by atoms with Crippen molar-refractivity contribution in [1.29, 1.82) is 0 Å². The van der Waals surface area contributed by atoms with Crippen LogP contribution in [0.1, 0.15) is 88.4 Å². The molecule has 5 rings (SSSR count). The molecule has 0 aliphatic heterocycles. The van der Waals surface area contributed by atoms with E-state index in [9.17, 15) is 45.7 Å². The number of amides is 2. The van der Waals surface area contributed by atoms with Crippen LogP contribution in [0.3, 0.4) is 0 Å². The molecule has 20 heteroatoms. The number of benzene rings is 5. The van der Waals surface area contributed by atoms with Gasteiger partial charge in [0.25, 0.3) is 26.1 Å². The number of aromatic hydroxyl groups is 2. The van der Waals surface area contributed by atoms with Crippen molar-refractivity contribution in [3.05, 3.63) is 78.4 Å². The van der Waals surface area contributed by atoms with Gasteiger partial charge in [0.2, 0.25) is 5.91 Å². The van der Waals surface area contributed by atoms with E-state index in [1.165, 1.54) is 75.3 Å². The number of anilines is 1. The quantitative estimate of drug-likeness (QED) is 0.0167. The normalized spacial score (nSPS) is 11.6. The summed E-state index contributed by atoms with van der Waals surface area (Å²) in [6.45, 7) is 3.96. The Balaban J connectivity index is 0.00000528. The number of rotatable bonds is 22. The van der Waals surface area contributed by atoms with Crippen LogP contribution < -0.4 is 20.1 Å². The summed E-state index contributed by atoms with van der Waals surface area (Å²) in [5.41, 5.74) is -0.734. The molecule has 0 bridgehead atoms. The summed E-state index contributed by atoms with van der Waals surface area (Å²) in [5, 5.41) is 35.8. The number of phenols is 2. The predicted molar refractivity (Wildman–Crippen MR) is 245 cm³/mol. The van der Waals surface area contributed by atoms with E-state index >= 15 is 0 Å². The van der Waals surface area contributed by atoms with E-state index in [-0.39, 0.29) is 106 Å². The molecule has 0 aromatic heterocycles. The van der Waals surface area contributed by atoms with Crippen LogP contribution in [0.15, 0.2) is 92.8 Å². The average molecular weight is 927 g/mol. The fraction of sp³-hybridized carbons (Fsp3) is 0.349. The molecule has 5 aromatic rings. The second-order valence-corrected chi connectivity index (χ2v) is 17.2. The number of fused-ring (bicyclic) bond motifs is 2. The van der Waals surface area contributed by atoms with E-state index < -0.39 is 53.3 Å². The van der Waals surface area contributed by atoms with Crippen molar-refractivity contribution in [1.82, 2.24) is 5.32 Å². The summed E-state index contributed by atoms with van der Waals surface area (Å²) in [4.78, 5) is 23.4. The zero-order valence-corrected chi connectivity index (χ0v) is 35.5. The van der Waals surface area contributed by atoms with Crippen LogP contribution in [0.2, 0.25) is 0 Å². The molecule has 0 heterocycles. The van der Waals surface area contributed by atoms with E-state index in [4.69, 9.17) is 9.47 Å². The maximum absolute atomic E-state index is 13.2. The summed E-state index contributed by atoms with van der Waals surface area (Å²) in [6.07, 6.45) is 11.8. The number of ether oxygens (including phenoxy) is 2. The third-order valence-electron chi connectivity index (χ3n) is 9.76. The molecule has 0 saturated carbocycles. The van der Waals surface area contributed by atoms with Crippen LogP contribution >= 0.6 is 0 Å². The van der Waals surface area contributed by atoms with Gasteiger partial charge in [-0.2, -0.15) is 21.9 Å². The average Bonchev–Trinajstić information content (AvgIpc) is 3.21. The van der Waals surface area contributed by atoms with Crippen LogP contribution in [0.5, 0.6) is 23.0 Å². The summed E-state index contributed by atoms with van der Waals surface area (Å²) in [5.74, 6) is -1.29. The Kier molecular flexibility index (Phi) is 21.3. The van der Waals surface area contributed by atoms with Crippen LogP contribution in [0.25, 0.3) is 21.5 Å².